The van der Waals surface area contributed by atoms with Gasteiger partial charge in [0.15, 0.2) is 0 Å². The molecular formula is C25H51I. The van der Waals surface area contributed by atoms with Crippen molar-refractivity contribution in [1.29, 1.82) is 0 Å². The van der Waals surface area contributed by atoms with Gasteiger partial charge in [0.2, 0.25) is 0 Å². The first kappa shape index (κ1) is 26.7. The third-order valence-electron chi connectivity index (χ3n) is 5.74. The average molecular weight is 479 g/mol. The molecule has 0 spiro atoms. The minimum absolute atomic E-state index is 1.34. The first-order valence-corrected chi connectivity index (χ1v) is 14.0. The molecule has 0 aromatic heterocycles. The minimum Gasteiger partial charge on any atom is -0.0864 e. The topological polar surface area (TPSA) is 0 Å². The van der Waals surface area contributed by atoms with E-state index in [2.05, 4.69) is 29.5 Å². The van der Waals surface area contributed by atoms with Gasteiger partial charge in [-0.25, -0.2) is 0 Å². The Hall–Kier alpha value is 0.730. The van der Waals surface area contributed by atoms with E-state index in [4.69, 9.17) is 0 Å². The van der Waals surface area contributed by atoms with Gasteiger partial charge in [0.05, 0.1) is 0 Å². The van der Waals surface area contributed by atoms with Gasteiger partial charge in [0, 0.05) is 0 Å². The Labute approximate surface area is 181 Å². The SMILES string of the molecule is CCCCCCCCCCCCCCCCCCCCCCCCCI. The smallest absolute Gasteiger partial charge is 0.000473 e. The maximum Gasteiger partial charge on any atom is -0.000473 e. The monoisotopic (exact) mass is 478 g/mol. The van der Waals surface area contributed by atoms with E-state index >= 15 is 0 Å². The van der Waals surface area contributed by atoms with Gasteiger partial charge in [-0.1, -0.05) is 171 Å². The van der Waals surface area contributed by atoms with Crippen molar-refractivity contribution in [2.24, 2.45) is 0 Å². The molecule has 0 N–H and O–H groups in total. The van der Waals surface area contributed by atoms with Crippen molar-refractivity contribution >= 4 is 22.6 Å². The van der Waals surface area contributed by atoms with Crippen LogP contribution in [0, 0.1) is 0 Å². The molecular weight excluding hydrogens is 427 g/mol. The molecule has 0 radical (unpaired) electrons. The molecule has 0 amide bonds. The highest BCUT2D eigenvalue weighted by atomic mass is 127. The second kappa shape index (κ2) is 25.7. The number of hydrogen-bond acceptors (Lipinski definition) is 0. The molecule has 0 aromatic carbocycles. The van der Waals surface area contributed by atoms with Crippen molar-refractivity contribution in [2.75, 3.05) is 4.43 Å². The van der Waals surface area contributed by atoms with E-state index in [1.165, 1.54) is 152 Å². The molecule has 0 aromatic rings. The van der Waals surface area contributed by atoms with Crippen LogP contribution in [0.4, 0.5) is 0 Å². The molecule has 26 heavy (non-hydrogen) atoms. The molecule has 0 nitrogen and oxygen atoms in total. The van der Waals surface area contributed by atoms with Crippen molar-refractivity contribution in [3.8, 4) is 0 Å². The zero-order valence-electron chi connectivity index (χ0n) is 18.3. The number of rotatable bonds is 23. The lowest BCUT2D eigenvalue weighted by molar-refractivity contribution is 0.519. The predicted octanol–water partition coefficient (Wildman–Crippen LogP) is 10.4. The third-order valence-corrected chi connectivity index (χ3v) is 6.50. The van der Waals surface area contributed by atoms with Gasteiger partial charge < -0.3 is 0 Å². The van der Waals surface area contributed by atoms with Crippen LogP contribution < -0.4 is 0 Å². The molecule has 0 bridgehead atoms. The quantitative estimate of drug-likeness (QED) is 0.0778. The van der Waals surface area contributed by atoms with Gasteiger partial charge in [0.25, 0.3) is 0 Å². The highest BCUT2D eigenvalue weighted by Gasteiger charge is 1.95. The van der Waals surface area contributed by atoms with Crippen LogP contribution in [0.25, 0.3) is 0 Å². The molecule has 1 heteroatoms. The van der Waals surface area contributed by atoms with Gasteiger partial charge >= 0.3 is 0 Å². The summed E-state index contributed by atoms with van der Waals surface area (Å²) in [5, 5.41) is 0. The largest absolute Gasteiger partial charge is 0.0864 e. The third kappa shape index (κ3) is 24.7. The van der Waals surface area contributed by atoms with Crippen LogP contribution in [0.3, 0.4) is 0 Å². The summed E-state index contributed by atoms with van der Waals surface area (Å²) in [5.74, 6) is 0. The lowest BCUT2D eigenvalue weighted by Crippen LogP contribution is -1.84. The lowest BCUT2D eigenvalue weighted by Gasteiger charge is -2.04. The zero-order valence-corrected chi connectivity index (χ0v) is 20.5. The van der Waals surface area contributed by atoms with E-state index in [0.717, 1.165) is 0 Å². The second-order valence-electron chi connectivity index (χ2n) is 8.47. The van der Waals surface area contributed by atoms with E-state index in [0.29, 0.717) is 0 Å². The number of halogens is 1. The molecule has 0 aliphatic rings. The molecule has 0 unspecified atom stereocenters. The summed E-state index contributed by atoms with van der Waals surface area (Å²) in [6.07, 6.45) is 34.0. The Morgan fingerprint density at radius 1 is 0.308 bits per heavy atom. The Balaban J connectivity index is 2.95. The normalized spacial score (nSPS) is 11.3. The second-order valence-corrected chi connectivity index (χ2v) is 9.55. The molecule has 0 atom stereocenters. The van der Waals surface area contributed by atoms with Crippen molar-refractivity contribution in [3.05, 3.63) is 0 Å². The van der Waals surface area contributed by atoms with Crippen molar-refractivity contribution < 1.29 is 0 Å². The lowest BCUT2D eigenvalue weighted by atomic mass is 10.0. The molecule has 0 aliphatic carbocycles. The van der Waals surface area contributed by atoms with Gasteiger partial charge in [-0.15, -0.1) is 0 Å². The van der Waals surface area contributed by atoms with Crippen LogP contribution in [0.1, 0.15) is 155 Å². The number of alkyl halides is 1. The van der Waals surface area contributed by atoms with E-state index < -0.39 is 0 Å². The summed E-state index contributed by atoms with van der Waals surface area (Å²) in [6, 6.07) is 0. The highest BCUT2D eigenvalue weighted by Crippen LogP contribution is 2.15. The molecule has 158 valence electrons. The van der Waals surface area contributed by atoms with Gasteiger partial charge in [-0.05, 0) is 10.8 Å². The molecule has 0 saturated heterocycles. The van der Waals surface area contributed by atoms with Crippen LogP contribution in [-0.4, -0.2) is 4.43 Å². The molecule has 0 rings (SSSR count). The summed E-state index contributed by atoms with van der Waals surface area (Å²) < 4.78 is 1.34. The minimum atomic E-state index is 1.34. The van der Waals surface area contributed by atoms with Crippen LogP contribution >= 0.6 is 22.6 Å². The average Bonchev–Trinajstić information content (AvgIpc) is 2.66. The van der Waals surface area contributed by atoms with Gasteiger partial charge in [0.1, 0.15) is 0 Å². The summed E-state index contributed by atoms with van der Waals surface area (Å²) in [5.41, 5.74) is 0. The fourth-order valence-corrected chi connectivity index (χ4v) is 4.42. The van der Waals surface area contributed by atoms with E-state index in [-0.39, 0.29) is 0 Å². The van der Waals surface area contributed by atoms with Crippen molar-refractivity contribution in [3.63, 3.8) is 0 Å². The number of hydrogen-bond donors (Lipinski definition) is 0. The van der Waals surface area contributed by atoms with Crippen LogP contribution in [-0.2, 0) is 0 Å². The van der Waals surface area contributed by atoms with Crippen LogP contribution in [0.5, 0.6) is 0 Å². The summed E-state index contributed by atoms with van der Waals surface area (Å²) in [4.78, 5) is 0. The maximum absolute atomic E-state index is 2.50. The first-order valence-electron chi connectivity index (χ1n) is 12.5. The summed E-state index contributed by atoms with van der Waals surface area (Å²) in [7, 11) is 0. The van der Waals surface area contributed by atoms with Crippen LogP contribution in [0.15, 0.2) is 0 Å². The Bertz CT molecular complexity index is 202. The molecule has 0 heterocycles. The van der Waals surface area contributed by atoms with Gasteiger partial charge in [-0.2, -0.15) is 0 Å². The molecule has 0 saturated carbocycles. The summed E-state index contributed by atoms with van der Waals surface area (Å²) in [6.45, 7) is 2.30. The van der Waals surface area contributed by atoms with E-state index in [9.17, 15) is 0 Å². The summed E-state index contributed by atoms with van der Waals surface area (Å²) >= 11 is 2.50. The Kier molecular flexibility index (Phi) is 26.5. The van der Waals surface area contributed by atoms with Gasteiger partial charge in [-0.3, -0.25) is 0 Å². The Morgan fingerprint density at radius 2 is 0.500 bits per heavy atom. The van der Waals surface area contributed by atoms with E-state index in [1.807, 2.05) is 0 Å². The van der Waals surface area contributed by atoms with Crippen molar-refractivity contribution in [2.45, 2.75) is 155 Å². The van der Waals surface area contributed by atoms with Crippen LogP contribution in [0.2, 0.25) is 0 Å². The molecule has 0 aliphatic heterocycles. The first-order chi connectivity index (χ1) is 12.9. The van der Waals surface area contributed by atoms with E-state index in [1.54, 1.807) is 0 Å². The fourth-order valence-electron chi connectivity index (χ4n) is 3.88. The molecule has 0 fully saturated rings. The Morgan fingerprint density at radius 3 is 0.692 bits per heavy atom. The number of unbranched alkanes of at least 4 members (excludes halogenated alkanes) is 22. The zero-order chi connectivity index (χ0) is 19.0. The highest BCUT2D eigenvalue weighted by molar-refractivity contribution is 14.1. The predicted molar refractivity (Wildman–Crippen MR) is 131 cm³/mol. The maximum atomic E-state index is 2.50. The van der Waals surface area contributed by atoms with Crippen molar-refractivity contribution in [1.82, 2.24) is 0 Å². The fraction of sp³-hybridized carbons (Fsp3) is 1.00. The standard InChI is InChI=1S/C25H51I/c1-2-3-4-5-6-7-8-9-10-11-12-13-14-15-16-17-18-19-20-21-22-23-24-25-26/h2-25H2,1H3.